The van der Waals surface area contributed by atoms with Crippen molar-refractivity contribution in [2.45, 2.75) is 13.0 Å². The van der Waals surface area contributed by atoms with E-state index in [-0.39, 0.29) is 11.7 Å². The van der Waals surface area contributed by atoms with Gasteiger partial charge in [-0.05, 0) is 40.3 Å². The first-order valence-corrected chi connectivity index (χ1v) is 11.0. The van der Waals surface area contributed by atoms with Crippen LogP contribution >= 0.6 is 22.7 Å². The molecule has 2 aromatic heterocycles. The maximum Gasteiger partial charge on any atom is 0.224 e. The lowest BCUT2D eigenvalue weighted by atomic mass is 10.0. The minimum Gasteiger partial charge on any atom is -0.351 e. The van der Waals surface area contributed by atoms with Gasteiger partial charge in [-0.2, -0.15) is 11.3 Å². The zero-order chi connectivity index (χ0) is 20.1. The molecule has 3 nitrogen and oxygen atoms in total. The second-order valence-electron chi connectivity index (χ2n) is 6.62. The fourth-order valence-electron chi connectivity index (χ4n) is 3.01. The van der Waals surface area contributed by atoms with Crippen LogP contribution in [0.5, 0.6) is 0 Å². The Hall–Kier alpha value is -3.02. The van der Waals surface area contributed by atoms with Gasteiger partial charge in [0.25, 0.3) is 0 Å². The van der Waals surface area contributed by atoms with E-state index in [4.69, 9.17) is 0 Å². The Kier molecular flexibility index (Phi) is 5.98. The highest BCUT2D eigenvalue weighted by molar-refractivity contribution is 7.14. The smallest absolute Gasteiger partial charge is 0.224 e. The van der Waals surface area contributed by atoms with Crippen LogP contribution in [0.25, 0.3) is 11.1 Å². The maximum atomic E-state index is 12.4. The molecule has 0 aliphatic carbocycles. The standard InChI is InChI=1S/C24H19NO2S2/c26-23(14-17-6-8-19(9-7-17)18-4-2-1-3-5-18)25-15-21-10-11-22(29-21)24(27)20-12-13-28-16-20/h1-13,16H,14-15H2,(H,25,26). The van der Waals surface area contributed by atoms with Crippen molar-refractivity contribution in [2.75, 3.05) is 0 Å². The number of amides is 1. The molecule has 0 bridgehead atoms. The number of carbonyl (C=O) groups excluding carboxylic acids is 2. The second kappa shape index (κ2) is 8.99. The molecule has 0 unspecified atom stereocenters. The van der Waals surface area contributed by atoms with Crippen LogP contribution in [-0.4, -0.2) is 11.7 Å². The summed E-state index contributed by atoms with van der Waals surface area (Å²) in [5.74, 6) is 0.00362. The minimum atomic E-state index is -0.0310. The quantitative estimate of drug-likeness (QED) is 0.400. The average Bonchev–Trinajstić information content (AvgIpc) is 3.45. The van der Waals surface area contributed by atoms with Crippen molar-refractivity contribution < 1.29 is 9.59 Å². The van der Waals surface area contributed by atoms with Gasteiger partial charge in [0.2, 0.25) is 11.7 Å². The molecule has 2 aromatic carbocycles. The predicted molar refractivity (Wildman–Crippen MR) is 119 cm³/mol. The van der Waals surface area contributed by atoms with Crippen LogP contribution in [0.15, 0.2) is 83.6 Å². The Labute approximate surface area is 177 Å². The summed E-state index contributed by atoms with van der Waals surface area (Å²) in [7, 11) is 0. The van der Waals surface area contributed by atoms with Crippen LogP contribution < -0.4 is 5.32 Å². The van der Waals surface area contributed by atoms with Crippen molar-refractivity contribution in [2.24, 2.45) is 0 Å². The number of hydrogen-bond acceptors (Lipinski definition) is 4. The van der Waals surface area contributed by atoms with Crippen molar-refractivity contribution in [3.8, 4) is 11.1 Å². The molecule has 0 spiro atoms. The van der Waals surface area contributed by atoms with Gasteiger partial charge in [-0.1, -0.05) is 54.6 Å². The van der Waals surface area contributed by atoms with Crippen LogP contribution in [0.3, 0.4) is 0 Å². The molecule has 0 radical (unpaired) electrons. The van der Waals surface area contributed by atoms with Gasteiger partial charge in [0.05, 0.1) is 17.8 Å². The van der Waals surface area contributed by atoms with E-state index >= 15 is 0 Å². The molecule has 0 atom stereocenters. The second-order valence-corrected chi connectivity index (χ2v) is 8.57. The summed E-state index contributed by atoms with van der Waals surface area (Å²) in [5, 5.41) is 6.69. The van der Waals surface area contributed by atoms with E-state index < -0.39 is 0 Å². The van der Waals surface area contributed by atoms with Gasteiger partial charge in [0.15, 0.2) is 0 Å². The van der Waals surface area contributed by atoms with E-state index in [0.29, 0.717) is 23.4 Å². The molecule has 4 aromatic rings. The summed E-state index contributed by atoms with van der Waals surface area (Å²) < 4.78 is 0. The highest BCUT2D eigenvalue weighted by atomic mass is 32.1. The SMILES string of the molecule is O=C(Cc1ccc(-c2ccccc2)cc1)NCc1ccc(C(=O)c2ccsc2)s1. The zero-order valence-electron chi connectivity index (χ0n) is 15.6. The molecule has 0 aliphatic rings. The molecule has 29 heavy (non-hydrogen) atoms. The summed E-state index contributed by atoms with van der Waals surface area (Å²) in [6.45, 7) is 0.433. The Morgan fingerprint density at radius 3 is 2.31 bits per heavy atom. The third-order valence-corrected chi connectivity index (χ3v) is 6.32. The zero-order valence-corrected chi connectivity index (χ0v) is 17.3. The van der Waals surface area contributed by atoms with E-state index in [1.807, 2.05) is 71.4 Å². The average molecular weight is 418 g/mol. The molecule has 0 saturated carbocycles. The molecule has 1 amide bonds. The van der Waals surface area contributed by atoms with Crippen LogP contribution in [0, 0.1) is 0 Å². The fraction of sp³-hybridized carbons (Fsp3) is 0.0833. The van der Waals surface area contributed by atoms with Gasteiger partial charge in [-0.15, -0.1) is 11.3 Å². The number of benzene rings is 2. The summed E-state index contributed by atoms with van der Waals surface area (Å²) in [6, 6.07) is 23.8. The maximum absolute atomic E-state index is 12.4. The fourth-order valence-corrected chi connectivity index (χ4v) is 4.56. The Morgan fingerprint density at radius 1 is 0.828 bits per heavy atom. The van der Waals surface area contributed by atoms with Crippen molar-refractivity contribution in [1.29, 1.82) is 0 Å². The number of nitrogens with one attached hydrogen (secondary N) is 1. The molecule has 5 heteroatoms. The molecular weight excluding hydrogens is 398 g/mol. The molecule has 0 aliphatic heterocycles. The molecule has 0 saturated heterocycles. The Balaban J connectivity index is 1.31. The minimum absolute atomic E-state index is 0.0310. The molecule has 4 rings (SSSR count). The lowest BCUT2D eigenvalue weighted by molar-refractivity contribution is -0.120. The summed E-state index contributed by atoms with van der Waals surface area (Å²) >= 11 is 2.94. The van der Waals surface area contributed by atoms with Gasteiger partial charge in [0.1, 0.15) is 0 Å². The Bertz CT molecular complexity index is 1100. The van der Waals surface area contributed by atoms with Crippen LogP contribution in [0.2, 0.25) is 0 Å². The van der Waals surface area contributed by atoms with E-state index in [2.05, 4.69) is 17.4 Å². The van der Waals surface area contributed by atoms with Gasteiger partial charge in [-0.3, -0.25) is 9.59 Å². The van der Waals surface area contributed by atoms with Crippen molar-refractivity contribution in [1.82, 2.24) is 5.32 Å². The van der Waals surface area contributed by atoms with Gasteiger partial charge >= 0.3 is 0 Å². The summed E-state index contributed by atoms with van der Waals surface area (Å²) in [4.78, 5) is 26.3. The van der Waals surface area contributed by atoms with E-state index in [9.17, 15) is 9.59 Å². The largest absolute Gasteiger partial charge is 0.351 e. The van der Waals surface area contributed by atoms with Crippen LogP contribution in [-0.2, 0) is 17.8 Å². The van der Waals surface area contributed by atoms with E-state index in [1.165, 1.54) is 22.7 Å². The van der Waals surface area contributed by atoms with Gasteiger partial charge in [0, 0.05) is 15.8 Å². The highest BCUT2D eigenvalue weighted by Gasteiger charge is 2.13. The van der Waals surface area contributed by atoms with Crippen LogP contribution in [0.4, 0.5) is 0 Å². The normalized spacial score (nSPS) is 10.6. The van der Waals surface area contributed by atoms with Gasteiger partial charge in [-0.25, -0.2) is 0 Å². The summed E-state index contributed by atoms with van der Waals surface area (Å²) in [5.41, 5.74) is 3.98. The molecule has 2 heterocycles. The van der Waals surface area contributed by atoms with Crippen molar-refractivity contribution in [3.63, 3.8) is 0 Å². The highest BCUT2D eigenvalue weighted by Crippen LogP contribution is 2.22. The number of thiophene rings is 2. The monoisotopic (exact) mass is 417 g/mol. The summed E-state index contributed by atoms with van der Waals surface area (Å²) in [6.07, 6.45) is 0.334. The third-order valence-electron chi connectivity index (χ3n) is 4.55. The lowest BCUT2D eigenvalue weighted by Crippen LogP contribution is -2.24. The van der Waals surface area contributed by atoms with Crippen LogP contribution in [0.1, 0.15) is 25.7 Å². The third kappa shape index (κ3) is 4.88. The first-order chi connectivity index (χ1) is 14.2. The topological polar surface area (TPSA) is 46.2 Å². The first kappa shape index (κ1) is 19.3. The first-order valence-electron chi connectivity index (χ1n) is 9.26. The Morgan fingerprint density at radius 2 is 1.59 bits per heavy atom. The van der Waals surface area contributed by atoms with E-state index in [1.54, 1.807) is 0 Å². The van der Waals surface area contributed by atoms with E-state index in [0.717, 1.165) is 21.6 Å². The van der Waals surface area contributed by atoms with Crippen molar-refractivity contribution in [3.05, 3.63) is 104 Å². The molecule has 1 N–H and O–H groups in total. The number of rotatable bonds is 7. The lowest BCUT2D eigenvalue weighted by Gasteiger charge is -2.06. The predicted octanol–water partition coefficient (Wildman–Crippen LogP) is 5.57. The number of ketones is 1. The number of carbonyl (C=O) groups is 2. The molecule has 144 valence electrons. The molecular formula is C24H19NO2S2. The number of hydrogen-bond donors (Lipinski definition) is 1. The van der Waals surface area contributed by atoms with Gasteiger partial charge < -0.3 is 5.32 Å². The molecule has 0 fully saturated rings. The van der Waals surface area contributed by atoms with Crippen molar-refractivity contribution >= 4 is 34.4 Å².